The Labute approximate surface area is 143 Å². The van der Waals surface area contributed by atoms with Gasteiger partial charge in [-0.2, -0.15) is 0 Å². The maximum atomic E-state index is 12.5. The van der Waals surface area contributed by atoms with E-state index >= 15 is 0 Å². The average molecular weight is 347 g/mol. The highest BCUT2D eigenvalue weighted by Crippen LogP contribution is 2.34. The summed E-state index contributed by atoms with van der Waals surface area (Å²) in [6, 6.07) is 13.1. The summed E-state index contributed by atoms with van der Waals surface area (Å²) < 4.78 is 5.73. The van der Waals surface area contributed by atoms with Crippen LogP contribution < -0.4 is 10.1 Å². The normalized spacial score (nSPS) is 14.7. The molecule has 1 N–H and O–H groups in total. The molecule has 0 aliphatic heterocycles. The molecule has 1 saturated carbocycles. The van der Waals surface area contributed by atoms with E-state index in [1.165, 1.54) is 18.2 Å². The third kappa shape index (κ3) is 3.83. The largest absolute Gasteiger partial charge is 0.469 e. The number of nitro benzene ring substituents is 1. The second-order valence-electron chi connectivity index (χ2n) is 5.56. The van der Waals surface area contributed by atoms with E-state index in [4.69, 9.17) is 16.3 Å². The molecule has 0 bridgehead atoms. The lowest BCUT2D eigenvalue weighted by Crippen LogP contribution is -2.34. The zero-order chi connectivity index (χ0) is 17.1. The molecule has 1 amide bonds. The molecule has 1 atom stereocenters. The molecule has 1 fully saturated rings. The van der Waals surface area contributed by atoms with Crippen LogP contribution in [-0.4, -0.2) is 16.9 Å². The van der Waals surface area contributed by atoms with Gasteiger partial charge in [0.1, 0.15) is 0 Å². The van der Waals surface area contributed by atoms with Crippen molar-refractivity contribution in [3.63, 3.8) is 0 Å². The summed E-state index contributed by atoms with van der Waals surface area (Å²) in [5, 5.41) is 14.3. The molecule has 0 spiro atoms. The molecule has 0 unspecified atom stereocenters. The maximum absolute atomic E-state index is 12.5. The molecule has 2 aromatic rings. The van der Waals surface area contributed by atoms with E-state index in [2.05, 4.69) is 5.32 Å². The third-order valence-corrected chi connectivity index (χ3v) is 3.86. The number of carbonyl (C=O) groups is 1. The maximum Gasteiger partial charge on any atom is 0.312 e. The number of ether oxygens (including phenoxy) is 1. The van der Waals surface area contributed by atoms with Crippen LogP contribution in [-0.2, 0) is 4.79 Å². The number of nitrogens with one attached hydrogen (secondary N) is 1. The first-order valence-corrected chi connectivity index (χ1v) is 7.88. The highest BCUT2D eigenvalue weighted by atomic mass is 35.5. The SMILES string of the molecule is O=C(NC1CC1)[C@H](Oc1ccc(Cl)cc1[N+](=O)[O-])c1ccccc1. The molecule has 1 aliphatic carbocycles. The van der Waals surface area contributed by atoms with Gasteiger partial charge < -0.3 is 10.1 Å². The Morgan fingerprint density at radius 3 is 2.58 bits per heavy atom. The number of amides is 1. The Kier molecular flexibility index (Phi) is 4.66. The summed E-state index contributed by atoms with van der Waals surface area (Å²) in [7, 11) is 0. The Hall–Kier alpha value is -2.60. The van der Waals surface area contributed by atoms with Gasteiger partial charge in [-0.25, -0.2) is 0 Å². The van der Waals surface area contributed by atoms with Crippen molar-refractivity contribution in [2.45, 2.75) is 25.0 Å². The summed E-state index contributed by atoms with van der Waals surface area (Å²) in [5.74, 6) is -0.308. The minimum Gasteiger partial charge on any atom is -0.469 e. The van der Waals surface area contributed by atoms with E-state index in [-0.39, 0.29) is 28.4 Å². The van der Waals surface area contributed by atoms with Gasteiger partial charge >= 0.3 is 5.69 Å². The van der Waals surface area contributed by atoms with Crippen LogP contribution in [0, 0.1) is 10.1 Å². The van der Waals surface area contributed by atoms with Crippen LogP contribution >= 0.6 is 11.6 Å². The second kappa shape index (κ2) is 6.88. The number of hydrogen-bond acceptors (Lipinski definition) is 4. The molecule has 0 saturated heterocycles. The van der Waals surface area contributed by atoms with Crippen LogP contribution in [0.15, 0.2) is 48.5 Å². The van der Waals surface area contributed by atoms with Gasteiger partial charge in [0.15, 0.2) is 5.75 Å². The number of hydrogen-bond donors (Lipinski definition) is 1. The molecule has 1 aliphatic rings. The molecule has 124 valence electrons. The first-order chi connectivity index (χ1) is 11.5. The van der Waals surface area contributed by atoms with Crippen molar-refractivity contribution in [1.29, 1.82) is 0 Å². The number of nitro groups is 1. The predicted octanol–water partition coefficient (Wildman–Crippen LogP) is 3.65. The Balaban J connectivity index is 1.92. The van der Waals surface area contributed by atoms with E-state index in [9.17, 15) is 14.9 Å². The van der Waals surface area contributed by atoms with Gasteiger partial charge in [0, 0.05) is 22.7 Å². The highest BCUT2D eigenvalue weighted by Gasteiger charge is 2.31. The second-order valence-corrected chi connectivity index (χ2v) is 6.00. The van der Waals surface area contributed by atoms with E-state index in [1.807, 2.05) is 6.07 Å². The standard InChI is InChI=1S/C17H15ClN2O4/c18-12-6-9-15(14(10-12)20(22)23)24-16(11-4-2-1-3-5-11)17(21)19-13-7-8-13/h1-6,9-10,13,16H,7-8H2,(H,19,21)/t16-/m1/s1. The Morgan fingerprint density at radius 2 is 1.96 bits per heavy atom. The monoisotopic (exact) mass is 346 g/mol. The van der Waals surface area contributed by atoms with E-state index in [0.717, 1.165) is 12.8 Å². The molecule has 6 nitrogen and oxygen atoms in total. The fourth-order valence-electron chi connectivity index (χ4n) is 2.27. The average Bonchev–Trinajstić information content (AvgIpc) is 3.38. The van der Waals surface area contributed by atoms with Crippen molar-refractivity contribution in [2.24, 2.45) is 0 Å². The number of halogens is 1. The molecular weight excluding hydrogens is 332 g/mol. The molecular formula is C17H15ClN2O4. The van der Waals surface area contributed by atoms with Crippen LogP contribution in [0.25, 0.3) is 0 Å². The molecule has 0 aromatic heterocycles. The minimum atomic E-state index is -0.966. The summed E-state index contributed by atoms with van der Waals surface area (Å²) >= 11 is 5.81. The topological polar surface area (TPSA) is 81.5 Å². The summed E-state index contributed by atoms with van der Waals surface area (Å²) in [6.07, 6.45) is 0.912. The highest BCUT2D eigenvalue weighted by molar-refractivity contribution is 6.30. The molecule has 0 radical (unpaired) electrons. The van der Waals surface area contributed by atoms with Gasteiger partial charge in [-0.15, -0.1) is 0 Å². The van der Waals surface area contributed by atoms with Crippen LogP contribution in [0.5, 0.6) is 5.75 Å². The van der Waals surface area contributed by atoms with Crippen LogP contribution in [0.4, 0.5) is 5.69 Å². The van der Waals surface area contributed by atoms with E-state index in [1.54, 1.807) is 24.3 Å². The number of benzene rings is 2. The molecule has 24 heavy (non-hydrogen) atoms. The van der Waals surface area contributed by atoms with Gasteiger partial charge in [-0.05, 0) is 25.0 Å². The zero-order valence-electron chi connectivity index (χ0n) is 12.6. The first-order valence-electron chi connectivity index (χ1n) is 7.50. The van der Waals surface area contributed by atoms with Crippen molar-refractivity contribution in [1.82, 2.24) is 5.32 Å². The lowest BCUT2D eigenvalue weighted by atomic mass is 10.1. The first kappa shape index (κ1) is 16.3. The number of nitrogens with zero attached hydrogens (tertiary/aromatic N) is 1. The molecule has 3 rings (SSSR count). The Bertz CT molecular complexity index is 762. The fourth-order valence-corrected chi connectivity index (χ4v) is 2.43. The molecule has 7 heteroatoms. The van der Waals surface area contributed by atoms with Crippen molar-refractivity contribution in [3.05, 3.63) is 69.2 Å². The van der Waals surface area contributed by atoms with Crippen LogP contribution in [0.3, 0.4) is 0 Å². The van der Waals surface area contributed by atoms with E-state index < -0.39 is 11.0 Å². The lowest BCUT2D eigenvalue weighted by molar-refractivity contribution is -0.386. The van der Waals surface area contributed by atoms with Gasteiger partial charge in [0.05, 0.1) is 4.92 Å². The van der Waals surface area contributed by atoms with Crippen molar-refractivity contribution in [2.75, 3.05) is 0 Å². The van der Waals surface area contributed by atoms with Crippen LogP contribution in [0.2, 0.25) is 5.02 Å². The van der Waals surface area contributed by atoms with E-state index in [0.29, 0.717) is 5.56 Å². The summed E-state index contributed by atoms with van der Waals surface area (Å²) in [6.45, 7) is 0. The quantitative estimate of drug-likeness (QED) is 0.639. The van der Waals surface area contributed by atoms with Crippen molar-refractivity contribution >= 4 is 23.2 Å². The number of carbonyl (C=O) groups excluding carboxylic acids is 1. The van der Waals surface area contributed by atoms with Gasteiger partial charge in [-0.1, -0.05) is 41.9 Å². The Morgan fingerprint density at radius 1 is 1.25 bits per heavy atom. The fraction of sp³-hybridized carbons (Fsp3) is 0.235. The van der Waals surface area contributed by atoms with Crippen molar-refractivity contribution < 1.29 is 14.5 Å². The van der Waals surface area contributed by atoms with Gasteiger partial charge in [0.25, 0.3) is 5.91 Å². The van der Waals surface area contributed by atoms with Crippen LogP contribution in [0.1, 0.15) is 24.5 Å². The van der Waals surface area contributed by atoms with Gasteiger partial charge in [-0.3, -0.25) is 14.9 Å². The molecule has 2 aromatic carbocycles. The summed E-state index contributed by atoms with van der Waals surface area (Å²) in [4.78, 5) is 23.1. The number of rotatable bonds is 6. The van der Waals surface area contributed by atoms with Crippen molar-refractivity contribution in [3.8, 4) is 5.75 Å². The van der Waals surface area contributed by atoms with Gasteiger partial charge in [0.2, 0.25) is 6.10 Å². The summed E-state index contributed by atoms with van der Waals surface area (Å²) in [5.41, 5.74) is 0.350. The smallest absolute Gasteiger partial charge is 0.312 e. The zero-order valence-corrected chi connectivity index (χ0v) is 13.4. The third-order valence-electron chi connectivity index (χ3n) is 3.63. The minimum absolute atomic E-state index is 0.00389. The predicted molar refractivity (Wildman–Crippen MR) is 89.1 cm³/mol. The lowest BCUT2D eigenvalue weighted by Gasteiger charge is -2.19. The molecule has 0 heterocycles.